The minimum absolute atomic E-state index is 0.207. The maximum Gasteiger partial charge on any atom is 0.150 e. The molecule has 0 radical (unpaired) electrons. The SMILES string of the molecule is CCOc1ccccc1C(CC)NC1CCS(=O)(=O)CC1. The zero-order chi connectivity index (χ0) is 15.3. The summed E-state index contributed by atoms with van der Waals surface area (Å²) < 4.78 is 28.7. The Morgan fingerprint density at radius 1 is 1.24 bits per heavy atom. The average molecular weight is 311 g/mol. The van der Waals surface area contributed by atoms with Crippen molar-refractivity contribution in [2.45, 2.75) is 45.2 Å². The molecular weight excluding hydrogens is 286 g/mol. The molecule has 1 saturated heterocycles. The van der Waals surface area contributed by atoms with Gasteiger partial charge < -0.3 is 10.1 Å². The second-order valence-electron chi connectivity index (χ2n) is 5.52. The monoisotopic (exact) mass is 311 g/mol. The Labute approximate surface area is 127 Å². The van der Waals surface area contributed by atoms with Crippen molar-refractivity contribution in [2.75, 3.05) is 18.1 Å². The number of ether oxygens (including phenoxy) is 1. The molecule has 1 unspecified atom stereocenters. The lowest BCUT2D eigenvalue weighted by molar-refractivity contribution is 0.324. The number of sulfone groups is 1. The first kappa shape index (κ1) is 16.3. The predicted molar refractivity (Wildman–Crippen MR) is 85.5 cm³/mol. The van der Waals surface area contributed by atoms with Crippen LogP contribution in [0.25, 0.3) is 0 Å². The molecule has 0 spiro atoms. The van der Waals surface area contributed by atoms with E-state index < -0.39 is 9.84 Å². The second-order valence-corrected chi connectivity index (χ2v) is 7.83. The highest BCUT2D eigenvalue weighted by molar-refractivity contribution is 7.91. The van der Waals surface area contributed by atoms with Gasteiger partial charge in [0.15, 0.2) is 0 Å². The normalized spacial score (nSPS) is 20.1. The van der Waals surface area contributed by atoms with Crippen LogP contribution in [-0.2, 0) is 9.84 Å². The second kappa shape index (κ2) is 7.27. The lowest BCUT2D eigenvalue weighted by atomic mass is 10.0. The molecular formula is C16H25NO3S. The van der Waals surface area contributed by atoms with Gasteiger partial charge in [0.2, 0.25) is 0 Å². The van der Waals surface area contributed by atoms with Crippen molar-refractivity contribution in [3.63, 3.8) is 0 Å². The highest BCUT2D eigenvalue weighted by Gasteiger charge is 2.26. The van der Waals surface area contributed by atoms with E-state index in [0.29, 0.717) is 31.0 Å². The highest BCUT2D eigenvalue weighted by Crippen LogP contribution is 2.28. The van der Waals surface area contributed by atoms with Gasteiger partial charge in [0.1, 0.15) is 15.6 Å². The summed E-state index contributed by atoms with van der Waals surface area (Å²) in [7, 11) is -2.80. The number of para-hydroxylation sites is 1. The van der Waals surface area contributed by atoms with Gasteiger partial charge in [0.05, 0.1) is 18.1 Å². The van der Waals surface area contributed by atoms with Crippen molar-refractivity contribution >= 4 is 9.84 Å². The fourth-order valence-corrected chi connectivity index (χ4v) is 4.32. The fourth-order valence-electron chi connectivity index (χ4n) is 2.82. The number of hydrogen-bond acceptors (Lipinski definition) is 4. The minimum Gasteiger partial charge on any atom is -0.494 e. The molecule has 4 nitrogen and oxygen atoms in total. The van der Waals surface area contributed by atoms with Gasteiger partial charge in [-0.1, -0.05) is 25.1 Å². The summed E-state index contributed by atoms with van der Waals surface area (Å²) in [6.07, 6.45) is 2.36. The Balaban J connectivity index is 2.07. The van der Waals surface area contributed by atoms with E-state index in [0.717, 1.165) is 17.7 Å². The molecule has 1 atom stereocenters. The van der Waals surface area contributed by atoms with Gasteiger partial charge in [-0.3, -0.25) is 0 Å². The number of rotatable bonds is 6. The molecule has 1 aromatic rings. The van der Waals surface area contributed by atoms with Crippen LogP contribution < -0.4 is 10.1 Å². The Bertz CT molecular complexity index is 542. The number of hydrogen-bond donors (Lipinski definition) is 1. The zero-order valence-corrected chi connectivity index (χ0v) is 13.7. The summed E-state index contributed by atoms with van der Waals surface area (Å²) in [5.74, 6) is 1.52. The molecule has 1 aliphatic rings. The topological polar surface area (TPSA) is 55.4 Å². The van der Waals surface area contributed by atoms with Crippen molar-refractivity contribution in [1.29, 1.82) is 0 Å². The van der Waals surface area contributed by atoms with Gasteiger partial charge in [-0.2, -0.15) is 0 Å². The molecule has 0 aliphatic carbocycles. The lowest BCUT2D eigenvalue weighted by Crippen LogP contribution is -2.39. The average Bonchev–Trinajstić information content (AvgIpc) is 2.47. The van der Waals surface area contributed by atoms with Gasteiger partial charge in [-0.25, -0.2) is 8.42 Å². The third-order valence-electron chi connectivity index (χ3n) is 3.99. The van der Waals surface area contributed by atoms with Crippen LogP contribution >= 0.6 is 0 Å². The van der Waals surface area contributed by atoms with Crippen LogP contribution in [0.1, 0.15) is 44.7 Å². The molecule has 1 N–H and O–H groups in total. The van der Waals surface area contributed by atoms with Crippen LogP contribution in [0.2, 0.25) is 0 Å². The molecule has 0 saturated carbocycles. The fraction of sp³-hybridized carbons (Fsp3) is 0.625. The van der Waals surface area contributed by atoms with Crippen molar-refractivity contribution < 1.29 is 13.2 Å². The number of nitrogens with one attached hydrogen (secondary N) is 1. The predicted octanol–water partition coefficient (Wildman–Crippen LogP) is 2.70. The van der Waals surface area contributed by atoms with E-state index in [1.807, 2.05) is 25.1 Å². The van der Waals surface area contributed by atoms with E-state index in [1.165, 1.54) is 0 Å². The van der Waals surface area contributed by atoms with Gasteiger partial charge in [0, 0.05) is 17.6 Å². The lowest BCUT2D eigenvalue weighted by Gasteiger charge is -2.29. The van der Waals surface area contributed by atoms with Crippen LogP contribution in [0.15, 0.2) is 24.3 Å². The summed E-state index contributed by atoms with van der Waals surface area (Å²) in [5.41, 5.74) is 1.16. The Morgan fingerprint density at radius 3 is 2.52 bits per heavy atom. The van der Waals surface area contributed by atoms with Crippen molar-refractivity contribution in [3.8, 4) is 5.75 Å². The quantitative estimate of drug-likeness (QED) is 0.877. The Hall–Kier alpha value is -1.07. The summed E-state index contributed by atoms with van der Waals surface area (Å²) in [6.45, 7) is 4.77. The van der Waals surface area contributed by atoms with Crippen LogP contribution in [-0.4, -0.2) is 32.6 Å². The molecule has 118 valence electrons. The van der Waals surface area contributed by atoms with E-state index in [9.17, 15) is 8.42 Å². The van der Waals surface area contributed by atoms with Crippen molar-refractivity contribution in [2.24, 2.45) is 0 Å². The molecule has 1 aromatic carbocycles. The molecule has 2 rings (SSSR count). The zero-order valence-electron chi connectivity index (χ0n) is 12.8. The molecule has 0 aromatic heterocycles. The maximum atomic E-state index is 11.5. The molecule has 1 heterocycles. The van der Waals surface area contributed by atoms with Crippen molar-refractivity contribution in [1.82, 2.24) is 5.32 Å². The smallest absolute Gasteiger partial charge is 0.150 e. The maximum absolute atomic E-state index is 11.5. The molecule has 1 fully saturated rings. The van der Waals surface area contributed by atoms with Crippen LogP contribution in [0.4, 0.5) is 0 Å². The van der Waals surface area contributed by atoms with E-state index in [4.69, 9.17) is 4.74 Å². The molecule has 21 heavy (non-hydrogen) atoms. The number of benzene rings is 1. The Kier molecular flexibility index (Phi) is 5.65. The van der Waals surface area contributed by atoms with E-state index in [1.54, 1.807) is 0 Å². The van der Waals surface area contributed by atoms with E-state index in [2.05, 4.69) is 18.3 Å². The third-order valence-corrected chi connectivity index (χ3v) is 5.71. The van der Waals surface area contributed by atoms with Gasteiger partial charge >= 0.3 is 0 Å². The first-order valence-corrected chi connectivity index (χ1v) is 9.56. The first-order chi connectivity index (χ1) is 10.1. The summed E-state index contributed by atoms with van der Waals surface area (Å²) in [6, 6.07) is 8.56. The van der Waals surface area contributed by atoms with E-state index in [-0.39, 0.29) is 12.1 Å². The third kappa shape index (κ3) is 4.45. The summed E-state index contributed by atoms with van der Waals surface area (Å²) in [4.78, 5) is 0. The van der Waals surface area contributed by atoms with E-state index >= 15 is 0 Å². The van der Waals surface area contributed by atoms with Gasteiger partial charge in [0.25, 0.3) is 0 Å². The van der Waals surface area contributed by atoms with Crippen LogP contribution in [0, 0.1) is 0 Å². The van der Waals surface area contributed by atoms with Gasteiger partial charge in [-0.15, -0.1) is 0 Å². The van der Waals surface area contributed by atoms with Gasteiger partial charge in [-0.05, 0) is 32.3 Å². The largest absolute Gasteiger partial charge is 0.494 e. The van der Waals surface area contributed by atoms with Crippen LogP contribution in [0.3, 0.4) is 0 Å². The van der Waals surface area contributed by atoms with Crippen LogP contribution in [0.5, 0.6) is 5.75 Å². The minimum atomic E-state index is -2.80. The first-order valence-electron chi connectivity index (χ1n) is 7.74. The highest BCUT2D eigenvalue weighted by atomic mass is 32.2. The standard InChI is InChI=1S/C16H25NO3S/c1-3-15(14-7-5-6-8-16(14)20-4-2)17-13-9-11-21(18,19)12-10-13/h5-8,13,15,17H,3-4,9-12H2,1-2H3. The summed E-state index contributed by atoms with van der Waals surface area (Å²) in [5, 5.41) is 3.61. The molecule has 0 bridgehead atoms. The Morgan fingerprint density at radius 2 is 1.90 bits per heavy atom. The van der Waals surface area contributed by atoms with Crippen molar-refractivity contribution in [3.05, 3.63) is 29.8 Å². The molecule has 5 heteroatoms. The molecule has 1 aliphatic heterocycles. The summed E-state index contributed by atoms with van der Waals surface area (Å²) >= 11 is 0. The molecule has 0 amide bonds.